The van der Waals surface area contributed by atoms with Crippen LogP contribution in [0.15, 0.2) is 0 Å². The summed E-state index contributed by atoms with van der Waals surface area (Å²) >= 11 is 0. The second-order valence-electron chi connectivity index (χ2n) is 5.71. The number of rotatable bonds is 3. The molecule has 0 radical (unpaired) electrons. The topological polar surface area (TPSA) is 21.3 Å². The van der Waals surface area contributed by atoms with Gasteiger partial charge in [-0.3, -0.25) is 0 Å². The van der Waals surface area contributed by atoms with Crippen molar-refractivity contribution in [1.82, 2.24) is 5.32 Å². The molecule has 1 saturated carbocycles. The Morgan fingerprint density at radius 2 is 1.94 bits per heavy atom. The summed E-state index contributed by atoms with van der Waals surface area (Å²) in [6, 6.07) is 0.760. The molecule has 1 saturated heterocycles. The summed E-state index contributed by atoms with van der Waals surface area (Å²) < 4.78 is 5.76. The number of hydrogen-bond acceptors (Lipinski definition) is 2. The zero-order chi connectivity index (χ0) is 11.2. The fraction of sp³-hybridized carbons (Fsp3) is 1.00. The number of nitrogens with one attached hydrogen (secondary N) is 1. The molecule has 2 fully saturated rings. The van der Waals surface area contributed by atoms with Crippen molar-refractivity contribution in [3.05, 3.63) is 0 Å². The van der Waals surface area contributed by atoms with Gasteiger partial charge in [0.05, 0.1) is 6.10 Å². The molecule has 0 bridgehead atoms. The van der Waals surface area contributed by atoms with Gasteiger partial charge < -0.3 is 10.1 Å². The van der Waals surface area contributed by atoms with Crippen LogP contribution in [0.1, 0.15) is 58.3 Å². The molecule has 0 spiro atoms. The van der Waals surface area contributed by atoms with Gasteiger partial charge in [0.15, 0.2) is 0 Å². The van der Waals surface area contributed by atoms with E-state index in [1.807, 2.05) is 0 Å². The lowest BCUT2D eigenvalue weighted by Crippen LogP contribution is -2.37. The fourth-order valence-corrected chi connectivity index (χ4v) is 2.96. The molecule has 0 aromatic heterocycles. The van der Waals surface area contributed by atoms with E-state index in [2.05, 4.69) is 12.2 Å². The zero-order valence-corrected chi connectivity index (χ0v) is 10.7. The maximum atomic E-state index is 5.76. The van der Waals surface area contributed by atoms with Crippen LogP contribution >= 0.6 is 0 Å². The highest BCUT2D eigenvalue weighted by molar-refractivity contribution is 4.76. The van der Waals surface area contributed by atoms with E-state index in [9.17, 15) is 0 Å². The van der Waals surface area contributed by atoms with E-state index in [-0.39, 0.29) is 0 Å². The van der Waals surface area contributed by atoms with Gasteiger partial charge >= 0.3 is 0 Å². The summed E-state index contributed by atoms with van der Waals surface area (Å²) in [5.74, 6) is 0.942. The van der Waals surface area contributed by atoms with Gasteiger partial charge in [0.25, 0.3) is 0 Å². The van der Waals surface area contributed by atoms with Gasteiger partial charge in [-0.2, -0.15) is 0 Å². The Hall–Kier alpha value is -0.0800. The molecule has 16 heavy (non-hydrogen) atoms. The Bertz CT molecular complexity index is 189. The van der Waals surface area contributed by atoms with E-state index in [1.54, 1.807) is 0 Å². The molecule has 1 aliphatic carbocycles. The molecule has 0 aromatic carbocycles. The predicted octanol–water partition coefficient (Wildman–Crippen LogP) is 3.11. The van der Waals surface area contributed by atoms with Crippen LogP contribution < -0.4 is 5.32 Å². The van der Waals surface area contributed by atoms with Crippen LogP contribution in [0.4, 0.5) is 0 Å². The average molecular weight is 225 g/mol. The molecule has 0 aromatic rings. The smallest absolute Gasteiger partial charge is 0.0699 e. The lowest BCUT2D eigenvalue weighted by Gasteiger charge is -2.25. The largest absolute Gasteiger partial charge is 0.377 e. The standard InChI is InChI=1S/C14H27NO/c1-12-5-4-6-13(9-8-12)15-11-14-7-2-3-10-16-14/h12-15H,2-11H2,1H3. The Kier molecular flexibility index (Phi) is 5.11. The molecule has 2 rings (SSSR count). The van der Waals surface area contributed by atoms with Crippen LogP contribution in [-0.2, 0) is 4.74 Å². The Morgan fingerprint density at radius 3 is 2.75 bits per heavy atom. The molecule has 1 heterocycles. The van der Waals surface area contributed by atoms with Crippen LogP contribution in [0.5, 0.6) is 0 Å². The van der Waals surface area contributed by atoms with Crippen molar-refractivity contribution in [2.24, 2.45) is 5.92 Å². The highest BCUT2D eigenvalue weighted by Gasteiger charge is 2.18. The van der Waals surface area contributed by atoms with Gasteiger partial charge in [-0.25, -0.2) is 0 Å². The minimum absolute atomic E-state index is 0.495. The molecular formula is C14H27NO. The van der Waals surface area contributed by atoms with Gasteiger partial charge in [0.2, 0.25) is 0 Å². The molecule has 2 heteroatoms. The highest BCUT2D eigenvalue weighted by Crippen LogP contribution is 2.22. The lowest BCUT2D eigenvalue weighted by atomic mass is 10.0. The van der Waals surface area contributed by atoms with Crippen molar-refractivity contribution in [2.75, 3.05) is 13.2 Å². The van der Waals surface area contributed by atoms with Crippen LogP contribution in [0.2, 0.25) is 0 Å². The summed E-state index contributed by atoms with van der Waals surface area (Å²) in [5, 5.41) is 3.73. The Balaban J connectivity index is 1.64. The first-order chi connectivity index (χ1) is 7.84. The Morgan fingerprint density at radius 1 is 1.00 bits per heavy atom. The van der Waals surface area contributed by atoms with E-state index in [0.717, 1.165) is 25.1 Å². The quantitative estimate of drug-likeness (QED) is 0.745. The van der Waals surface area contributed by atoms with E-state index >= 15 is 0 Å². The first-order valence-electron chi connectivity index (χ1n) is 7.19. The summed E-state index contributed by atoms with van der Waals surface area (Å²) in [7, 11) is 0. The third-order valence-corrected chi connectivity index (χ3v) is 4.17. The third kappa shape index (κ3) is 4.06. The van der Waals surface area contributed by atoms with Crippen LogP contribution in [0.3, 0.4) is 0 Å². The van der Waals surface area contributed by atoms with Crippen molar-refractivity contribution in [3.8, 4) is 0 Å². The maximum Gasteiger partial charge on any atom is 0.0699 e. The predicted molar refractivity (Wildman–Crippen MR) is 67.6 cm³/mol. The molecule has 3 unspecified atom stereocenters. The Labute approximate surface area is 100 Å². The van der Waals surface area contributed by atoms with E-state index in [0.29, 0.717) is 6.10 Å². The normalized spacial score (nSPS) is 36.9. The monoisotopic (exact) mass is 225 g/mol. The third-order valence-electron chi connectivity index (χ3n) is 4.17. The van der Waals surface area contributed by atoms with E-state index < -0.39 is 0 Å². The molecule has 2 aliphatic rings. The molecule has 1 aliphatic heterocycles. The molecule has 1 N–H and O–H groups in total. The number of hydrogen-bond donors (Lipinski definition) is 1. The molecule has 0 amide bonds. The fourth-order valence-electron chi connectivity index (χ4n) is 2.96. The van der Waals surface area contributed by atoms with Gasteiger partial charge in [0.1, 0.15) is 0 Å². The van der Waals surface area contributed by atoms with Gasteiger partial charge in [-0.05, 0) is 44.4 Å². The van der Waals surface area contributed by atoms with Crippen LogP contribution in [-0.4, -0.2) is 25.3 Å². The van der Waals surface area contributed by atoms with E-state index in [1.165, 1.54) is 51.4 Å². The van der Waals surface area contributed by atoms with Gasteiger partial charge in [-0.1, -0.05) is 19.8 Å². The van der Waals surface area contributed by atoms with Crippen molar-refractivity contribution in [2.45, 2.75) is 70.4 Å². The van der Waals surface area contributed by atoms with Crippen LogP contribution in [0, 0.1) is 5.92 Å². The maximum absolute atomic E-state index is 5.76. The van der Waals surface area contributed by atoms with E-state index in [4.69, 9.17) is 4.74 Å². The van der Waals surface area contributed by atoms with Crippen LogP contribution in [0.25, 0.3) is 0 Å². The average Bonchev–Trinajstić information content (AvgIpc) is 2.53. The molecule has 3 atom stereocenters. The minimum Gasteiger partial charge on any atom is -0.377 e. The summed E-state index contributed by atoms with van der Waals surface area (Å²) in [6.07, 6.45) is 11.4. The SMILES string of the molecule is CC1CCCC(NCC2CCCCO2)CC1. The molecular weight excluding hydrogens is 198 g/mol. The summed E-state index contributed by atoms with van der Waals surface area (Å²) in [4.78, 5) is 0. The highest BCUT2D eigenvalue weighted by atomic mass is 16.5. The van der Waals surface area contributed by atoms with Gasteiger partial charge in [0, 0.05) is 19.2 Å². The molecule has 94 valence electrons. The second kappa shape index (κ2) is 6.61. The van der Waals surface area contributed by atoms with Crippen molar-refractivity contribution >= 4 is 0 Å². The first kappa shape index (κ1) is 12.4. The lowest BCUT2D eigenvalue weighted by molar-refractivity contribution is 0.0151. The summed E-state index contributed by atoms with van der Waals surface area (Å²) in [5.41, 5.74) is 0. The van der Waals surface area contributed by atoms with Gasteiger partial charge in [-0.15, -0.1) is 0 Å². The first-order valence-corrected chi connectivity index (χ1v) is 7.19. The number of ether oxygens (including phenoxy) is 1. The zero-order valence-electron chi connectivity index (χ0n) is 10.7. The minimum atomic E-state index is 0.495. The van der Waals surface area contributed by atoms with Crippen molar-refractivity contribution in [3.63, 3.8) is 0 Å². The summed E-state index contributed by atoms with van der Waals surface area (Å²) in [6.45, 7) is 4.46. The molecule has 2 nitrogen and oxygen atoms in total. The van der Waals surface area contributed by atoms with Crippen molar-refractivity contribution < 1.29 is 4.74 Å². The van der Waals surface area contributed by atoms with Crippen molar-refractivity contribution in [1.29, 1.82) is 0 Å². The second-order valence-corrected chi connectivity index (χ2v) is 5.71.